The lowest BCUT2D eigenvalue weighted by Gasteiger charge is -2.27. The van der Waals surface area contributed by atoms with Crippen molar-refractivity contribution in [3.8, 4) is 0 Å². The van der Waals surface area contributed by atoms with Crippen LogP contribution in [0.15, 0.2) is 0 Å². The van der Waals surface area contributed by atoms with Crippen LogP contribution in [0.3, 0.4) is 0 Å². The van der Waals surface area contributed by atoms with Crippen LogP contribution in [0, 0.1) is 11.8 Å². The highest BCUT2D eigenvalue weighted by molar-refractivity contribution is 5.80. The number of hydrogen-bond donors (Lipinski definition) is 1. The van der Waals surface area contributed by atoms with Gasteiger partial charge in [-0.2, -0.15) is 0 Å². The highest BCUT2D eigenvalue weighted by Crippen LogP contribution is 2.32. The maximum absolute atomic E-state index is 11.7. The molecule has 0 unspecified atom stereocenters. The minimum atomic E-state index is -0.704. The summed E-state index contributed by atoms with van der Waals surface area (Å²) in [7, 11) is 0. The summed E-state index contributed by atoms with van der Waals surface area (Å²) in [6.07, 6.45) is 6.73. The zero-order valence-corrected chi connectivity index (χ0v) is 10.1. The van der Waals surface area contributed by atoms with E-state index in [0.717, 1.165) is 38.5 Å². The number of Topliss-reactive ketones (excluding diaryl/α,β-unsaturated/α-hetero) is 1. The summed E-state index contributed by atoms with van der Waals surface area (Å²) in [6.45, 7) is 2.04. The SMILES string of the molecule is CCCC(=O)C1CCC(CCC(=O)O)CC1. The molecule has 0 spiro atoms. The molecule has 0 aromatic carbocycles. The Morgan fingerprint density at radius 3 is 2.25 bits per heavy atom. The Labute approximate surface area is 97.2 Å². The van der Waals surface area contributed by atoms with E-state index in [1.54, 1.807) is 0 Å². The van der Waals surface area contributed by atoms with Crippen molar-refractivity contribution in [2.24, 2.45) is 11.8 Å². The first-order valence-corrected chi connectivity index (χ1v) is 6.38. The Morgan fingerprint density at radius 2 is 1.75 bits per heavy atom. The number of hydrogen-bond acceptors (Lipinski definition) is 2. The molecule has 1 saturated carbocycles. The van der Waals surface area contributed by atoms with Gasteiger partial charge in [-0.3, -0.25) is 9.59 Å². The van der Waals surface area contributed by atoms with Crippen molar-refractivity contribution < 1.29 is 14.7 Å². The largest absolute Gasteiger partial charge is 0.481 e. The van der Waals surface area contributed by atoms with Crippen molar-refractivity contribution >= 4 is 11.8 Å². The fourth-order valence-electron chi connectivity index (χ4n) is 2.55. The lowest BCUT2D eigenvalue weighted by atomic mass is 9.77. The van der Waals surface area contributed by atoms with Crippen molar-refractivity contribution in [2.45, 2.75) is 58.3 Å². The monoisotopic (exact) mass is 226 g/mol. The molecule has 0 bridgehead atoms. The Morgan fingerprint density at radius 1 is 1.12 bits per heavy atom. The van der Waals surface area contributed by atoms with Gasteiger partial charge >= 0.3 is 5.97 Å². The fraction of sp³-hybridized carbons (Fsp3) is 0.846. The molecule has 1 N–H and O–H groups in total. The maximum Gasteiger partial charge on any atom is 0.303 e. The molecular weight excluding hydrogens is 204 g/mol. The molecule has 3 heteroatoms. The summed E-state index contributed by atoms with van der Waals surface area (Å²) in [5.41, 5.74) is 0. The molecule has 16 heavy (non-hydrogen) atoms. The third-order valence-corrected chi connectivity index (χ3v) is 3.56. The van der Waals surface area contributed by atoms with E-state index in [-0.39, 0.29) is 12.3 Å². The summed E-state index contributed by atoms with van der Waals surface area (Å²) in [6, 6.07) is 0. The Bertz CT molecular complexity index is 240. The molecular formula is C13H22O3. The molecule has 0 aromatic heterocycles. The Kier molecular flexibility index (Phi) is 5.50. The zero-order valence-electron chi connectivity index (χ0n) is 10.1. The second-order valence-electron chi connectivity index (χ2n) is 4.87. The van der Waals surface area contributed by atoms with E-state index >= 15 is 0 Å². The van der Waals surface area contributed by atoms with Crippen LogP contribution in [0.5, 0.6) is 0 Å². The van der Waals surface area contributed by atoms with E-state index in [4.69, 9.17) is 5.11 Å². The van der Waals surface area contributed by atoms with Gasteiger partial charge in [0.2, 0.25) is 0 Å². The topological polar surface area (TPSA) is 54.4 Å². The first-order chi connectivity index (χ1) is 7.63. The second-order valence-corrected chi connectivity index (χ2v) is 4.87. The number of carboxylic acid groups (broad SMARTS) is 1. The van der Waals surface area contributed by atoms with Crippen LogP contribution in [0.2, 0.25) is 0 Å². The van der Waals surface area contributed by atoms with Gasteiger partial charge in [-0.25, -0.2) is 0 Å². The number of carbonyl (C=O) groups is 2. The molecule has 0 atom stereocenters. The quantitative estimate of drug-likeness (QED) is 0.757. The van der Waals surface area contributed by atoms with Gasteiger partial charge in [-0.15, -0.1) is 0 Å². The van der Waals surface area contributed by atoms with Crippen molar-refractivity contribution in [3.05, 3.63) is 0 Å². The summed E-state index contributed by atoms with van der Waals surface area (Å²) >= 11 is 0. The average molecular weight is 226 g/mol. The molecule has 1 aliphatic carbocycles. The molecule has 0 aromatic rings. The fourth-order valence-corrected chi connectivity index (χ4v) is 2.55. The predicted molar refractivity (Wildman–Crippen MR) is 62.2 cm³/mol. The molecule has 3 nitrogen and oxygen atoms in total. The lowest BCUT2D eigenvalue weighted by molar-refractivity contribution is -0.137. The zero-order chi connectivity index (χ0) is 12.0. The molecule has 1 rings (SSSR count). The molecule has 0 aliphatic heterocycles. The summed E-state index contributed by atoms with van der Waals surface area (Å²) in [4.78, 5) is 22.1. The number of rotatable bonds is 6. The first-order valence-electron chi connectivity index (χ1n) is 6.38. The average Bonchev–Trinajstić information content (AvgIpc) is 2.27. The van der Waals surface area contributed by atoms with E-state index in [0.29, 0.717) is 18.1 Å². The third kappa shape index (κ3) is 4.33. The van der Waals surface area contributed by atoms with Gasteiger partial charge in [-0.05, 0) is 44.4 Å². The van der Waals surface area contributed by atoms with Crippen molar-refractivity contribution in [1.82, 2.24) is 0 Å². The summed E-state index contributed by atoms with van der Waals surface area (Å²) < 4.78 is 0. The predicted octanol–water partition coefficient (Wildman–Crippen LogP) is 3.03. The highest BCUT2D eigenvalue weighted by Gasteiger charge is 2.25. The molecule has 0 radical (unpaired) electrons. The molecule has 0 heterocycles. The van der Waals surface area contributed by atoms with Gasteiger partial charge < -0.3 is 5.11 Å². The van der Waals surface area contributed by atoms with Gasteiger partial charge in [0.15, 0.2) is 0 Å². The summed E-state index contributed by atoms with van der Waals surface area (Å²) in [5.74, 6) is 0.506. The number of ketones is 1. The van der Waals surface area contributed by atoms with Crippen LogP contribution in [0.25, 0.3) is 0 Å². The standard InChI is InChI=1S/C13H22O3/c1-2-3-12(14)11-7-4-10(5-8-11)6-9-13(15)16/h10-11H,2-9H2,1H3,(H,15,16). The number of carbonyl (C=O) groups excluding carboxylic acids is 1. The molecule has 1 aliphatic rings. The Balaban J connectivity index is 2.23. The van der Waals surface area contributed by atoms with Crippen LogP contribution in [-0.2, 0) is 9.59 Å². The van der Waals surface area contributed by atoms with Gasteiger partial charge in [0, 0.05) is 18.8 Å². The third-order valence-electron chi connectivity index (χ3n) is 3.56. The van der Waals surface area contributed by atoms with Crippen LogP contribution in [-0.4, -0.2) is 16.9 Å². The van der Waals surface area contributed by atoms with Gasteiger partial charge in [0.05, 0.1) is 0 Å². The van der Waals surface area contributed by atoms with Gasteiger partial charge in [0.25, 0.3) is 0 Å². The lowest BCUT2D eigenvalue weighted by Crippen LogP contribution is -2.22. The molecule has 0 saturated heterocycles. The second kappa shape index (κ2) is 6.66. The van der Waals surface area contributed by atoms with Crippen LogP contribution in [0.4, 0.5) is 0 Å². The van der Waals surface area contributed by atoms with Crippen LogP contribution < -0.4 is 0 Å². The summed E-state index contributed by atoms with van der Waals surface area (Å²) in [5, 5.41) is 8.60. The number of carboxylic acids is 1. The molecule has 92 valence electrons. The molecule has 1 fully saturated rings. The maximum atomic E-state index is 11.7. The minimum absolute atomic E-state index is 0.265. The van der Waals surface area contributed by atoms with E-state index < -0.39 is 5.97 Å². The molecule has 0 amide bonds. The highest BCUT2D eigenvalue weighted by atomic mass is 16.4. The Hall–Kier alpha value is -0.860. The first kappa shape index (κ1) is 13.2. The van der Waals surface area contributed by atoms with Gasteiger partial charge in [-0.1, -0.05) is 6.92 Å². The minimum Gasteiger partial charge on any atom is -0.481 e. The van der Waals surface area contributed by atoms with Crippen LogP contribution >= 0.6 is 0 Å². The van der Waals surface area contributed by atoms with Crippen molar-refractivity contribution in [3.63, 3.8) is 0 Å². The van der Waals surface area contributed by atoms with Crippen molar-refractivity contribution in [1.29, 1.82) is 0 Å². The van der Waals surface area contributed by atoms with Gasteiger partial charge in [0.1, 0.15) is 5.78 Å². The van der Waals surface area contributed by atoms with E-state index in [2.05, 4.69) is 0 Å². The van der Waals surface area contributed by atoms with E-state index in [1.807, 2.05) is 6.92 Å². The smallest absolute Gasteiger partial charge is 0.303 e. The van der Waals surface area contributed by atoms with Crippen molar-refractivity contribution in [2.75, 3.05) is 0 Å². The normalized spacial score (nSPS) is 25.3. The van der Waals surface area contributed by atoms with Crippen LogP contribution in [0.1, 0.15) is 58.3 Å². The van der Waals surface area contributed by atoms with E-state index in [1.165, 1.54) is 0 Å². The van der Waals surface area contributed by atoms with E-state index in [9.17, 15) is 9.59 Å². The number of aliphatic carboxylic acids is 1.